The second-order valence-corrected chi connectivity index (χ2v) is 11.8. The molecule has 0 saturated carbocycles. The Labute approximate surface area is 256 Å². The first-order chi connectivity index (χ1) is 21.5. The second-order valence-electron chi connectivity index (χ2n) is 11.8. The summed E-state index contributed by atoms with van der Waals surface area (Å²) >= 11 is 0. The van der Waals surface area contributed by atoms with Crippen molar-refractivity contribution in [3.8, 4) is 5.75 Å². The number of carbonyl (C=O) groups excluding carboxylic acids is 1. The van der Waals surface area contributed by atoms with Gasteiger partial charge in [-0.3, -0.25) is 19.3 Å². The molecule has 0 bridgehead atoms. The minimum atomic E-state index is -0.653. The van der Waals surface area contributed by atoms with Gasteiger partial charge in [0.05, 0.1) is 0 Å². The van der Waals surface area contributed by atoms with Crippen molar-refractivity contribution in [2.75, 3.05) is 11.7 Å². The van der Waals surface area contributed by atoms with E-state index in [4.69, 9.17) is 4.74 Å². The van der Waals surface area contributed by atoms with Crippen LogP contribution in [0.4, 0.5) is 0 Å². The molecule has 1 amide bonds. The van der Waals surface area contributed by atoms with Crippen molar-refractivity contribution in [2.45, 2.75) is 32.0 Å². The lowest BCUT2D eigenvalue weighted by molar-refractivity contribution is 0.0649. The zero-order valence-corrected chi connectivity index (χ0v) is 24.4. The molecule has 0 saturated heterocycles. The van der Waals surface area contributed by atoms with E-state index in [0.717, 1.165) is 23.1 Å². The summed E-state index contributed by atoms with van der Waals surface area (Å²) in [5.41, 5.74) is 8.42. The van der Waals surface area contributed by atoms with Crippen molar-refractivity contribution < 1.29 is 9.53 Å². The molecule has 4 aromatic carbocycles. The zero-order chi connectivity index (χ0) is 29.8. The SMILES string of the molecule is Cc1ccc(CN2CN(C34C(=Cc5ccccc53)Cc3ccccc34)n3ccc(=O)c(OCc4ccccc4)c3C2=O)cc1. The van der Waals surface area contributed by atoms with Crippen LogP contribution in [-0.4, -0.2) is 22.2 Å². The molecule has 0 fully saturated rings. The molecule has 8 rings (SSSR count). The number of aryl methyl sites for hydroxylation is 1. The molecule has 0 spiro atoms. The molecule has 3 aliphatic rings. The van der Waals surface area contributed by atoms with Crippen LogP contribution in [0.2, 0.25) is 0 Å². The van der Waals surface area contributed by atoms with Gasteiger partial charge in [0.25, 0.3) is 5.91 Å². The maximum Gasteiger partial charge on any atom is 0.278 e. The van der Waals surface area contributed by atoms with Gasteiger partial charge in [0, 0.05) is 18.8 Å². The Morgan fingerprint density at radius 1 is 0.773 bits per heavy atom. The lowest BCUT2D eigenvalue weighted by atomic mass is 9.83. The van der Waals surface area contributed by atoms with Crippen LogP contribution in [0.5, 0.6) is 5.75 Å². The van der Waals surface area contributed by atoms with Crippen LogP contribution in [0, 0.1) is 6.92 Å². The lowest BCUT2D eigenvalue weighted by Crippen LogP contribution is -2.62. The number of hydrogen-bond acceptors (Lipinski definition) is 4. The molecule has 216 valence electrons. The van der Waals surface area contributed by atoms with Crippen LogP contribution in [0.25, 0.3) is 6.08 Å². The Bertz CT molecular complexity index is 2010. The van der Waals surface area contributed by atoms with E-state index in [9.17, 15) is 9.59 Å². The van der Waals surface area contributed by atoms with Gasteiger partial charge in [0.1, 0.15) is 18.8 Å². The van der Waals surface area contributed by atoms with Gasteiger partial charge in [-0.25, -0.2) is 0 Å². The minimum Gasteiger partial charge on any atom is -0.482 e. The average molecular weight is 578 g/mol. The largest absolute Gasteiger partial charge is 0.482 e. The number of nitrogens with zero attached hydrogens (tertiary/aromatic N) is 3. The van der Waals surface area contributed by atoms with Crippen molar-refractivity contribution in [3.63, 3.8) is 0 Å². The number of amides is 1. The van der Waals surface area contributed by atoms with Crippen LogP contribution in [0.3, 0.4) is 0 Å². The standard InChI is InChI=1S/C38H31N3O3/c1-26-15-17-27(18-16-26)23-39-25-41(38-31(21-29-11-5-7-13-32(29)38)22-30-12-6-8-14-33(30)38)40-20-19-34(42)36(35(40)37(39)43)44-24-28-9-3-2-4-10-28/h2-21H,22-25H2,1H3. The van der Waals surface area contributed by atoms with Crippen LogP contribution in [0.15, 0.2) is 126 Å². The lowest BCUT2D eigenvalue weighted by Gasteiger charge is -2.49. The van der Waals surface area contributed by atoms with Gasteiger partial charge >= 0.3 is 0 Å². The molecule has 0 N–H and O–H groups in total. The number of aromatic nitrogens is 1. The molecule has 0 radical (unpaired) electrons. The maximum atomic E-state index is 14.5. The Balaban J connectivity index is 1.34. The van der Waals surface area contributed by atoms with Gasteiger partial charge in [-0.1, -0.05) is 115 Å². The van der Waals surface area contributed by atoms with Crippen molar-refractivity contribution in [3.05, 3.63) is 176 Å². The summed E-state index contributed by atoms with van der Waals surface area (Å²) in [6.45, 7) is 2.95. The first-order valence-corrected chi connectivity index (χ1v) is 15.0. The average Bonchev–Trinajstić information content (AvgIpc) is 3.55. The zero-order valence-electron chi connectivity index (χ0n) is 24.4. The smallest absolute Gasteiger partial charge is 0.278 e. The highest BCUT2D eigenvalue weighted by atomic mass is 16.5. The van der Waals surface area contributed by atoms with E-state index in [1.165, 1.54) is 33.9 Å². The van der Waals surface area contributed by atoms with Gasteiger partial charge in [-0.05, 0) is 52.3 Å². The van der Waals surface area contributed by atoms with Crippen molar-refractivity contribution in [1.29, 1.82) is 0 Å². The third-order valence-electron chi connectivity index (χ3n) is 9.13. The van der Waals surface area contributed by atoms with Gasteiger partial charge in [-0.15, -0.1) is 0 Å². The molecule has 6 heteroatoms. The van der Waals surface area contributed by atoms with E-state index in [1.54, 1.807) is 6.20 Å². The summed E-state index contributed by atoms with van der Waals surface area (Å²) in [5, 5.41) is 2.26. The van der Waals surface area contributed by atoms with Crippen LogP contribution >= 0.6 is 0 Å². The Kier molecular flexibility index (Phi) is 6.05. The van der Waals surface area contributed by atoms with Gasteiger partial charge in [-0.2, -0.15) is 0 Å². The van der Waals surface area contributed by atoms with E-state index in [0.29, 0.717) is 13.2 Å². The number of benzene rings is 4. The Morgan fingerprint density at radius 3 is 2.32 bits per heavy atom. The number of ether oxygens (including phenoxy) is 1. The number of hydrogen-bond donors (Lipinski definition) is 0. The number of fused-ring (bicyclic) bond motifs is 6. The monoisotopic (exact) mass is 577 g/mol. The summed E-state index contributed by atoms with van der Waals surface area (Å²) in [6.07, 6.45) is 4.84. The summed E-state index contributed by atoms with van der Waals surface area (Å²) < 4.78 is 8.13. The number of rotatable bonds is 6. The first kappa shape index (κ1) is 26.3. The molecular weight excluding hydrogens is 546 g/mol. The fraction of sp³-hybridized carbons (Fsp3) is 0.158. The quantitative estimate of drug-likeness (QED) is 0.242. The van der Waals surface area contributed by atoms with E-state index < -0.39 is 5.54 Å². The molecule has 2 aliphatic carbocycles. The van der Waals surface area contributed by atoms with Crippen molar-refractivity contribution >= 4 is 12.0 Å². The summed E-state index contributed by atoms with van der Waals surface area (Å²) in [4.78, 5) is 29.8. The fourth-order valence-electron chi connectivity index (χ4n) is 7.11. The molecule has 1 aromatic heterocycles. The predicted molar refractivity (Wildman–Crippen MR) is 171 cm³/mol. The third kappa shape index (κ3) is 3.94. The van der Waals surface area contributed by atoms with E-state index in [1.807, 2.05) is 39.9 Å². The van der Waals surface area contributed by atoms with E-state index in [2.05, 4.69) is 90.8 Å². The topological polar surface area (TPSA) is 54.8 Å². The van der Waals surface area contributed by atoms with Gasteiger partial charge < -0.3 is 9.64 Å². The Hall–Kier alpha value is -5.36. The number of carbonyl (C=O) groups is 1. The molecule has 1 aliphatic heterocycles. The molecule has 44 heavy (non-hydrogen) atoms. The van der Waals surface area contributed by atoms with Crippen LogP contribution in [0.1, 0.15) is 49.4 Å². The molecule has 2 heterocycles. The summed E-state index contributed by atoms with van der Waals surface area (Å²) in [6, 6.07) is 36.5. The van der Waals surface area contributed by atoms with Crippen LogP contribution in [-0.2, 0) is 25.1 Å². The minimum absolute atomic E-state index is 0.0689. The number of pyridine rings is 1. The van der Waals surface area contributed by atoms with Crippen molar-refractivity contribution in [1.82, 2.24) is 9.58 Å². The maximum absolute atomic E-state index is 14.5. The first-order valence-electron chi connectivity index (χ1n) is 15.0. The normalized spacial score (nSPS) is 17.9. The highest BCUT2D eigenvalue weighted by molar-refractivity contribution is 5.96. The highest BCUT2D eigenvalue weighted by Crippen LogP contribution is 2.55. The van der Waals surface area contributed by atoms with E-state index in [-0.39, 0.29) is 29.4 Å². The molecule has 6 nitrogen and oxygen atoms in total. The van der Waals surface area contributed by atoms with Crippen molar-refractivity contribution in [2.24, 2.45) is 0 Å². The fourth-order valence-corrected chi connectivity index (χ4v) is 7.11. The molecule has 1 atom stereocenters. The molecule has 1 unspecified atom stereocenters. The molecular formula is C38H31N3O3. The molecule has 5 aromatic rings. The summed E-state index contributed by atoms with van der Waals surface area (Å²) in [5.74, 6) is -0.165. The third-order valence-corrected chi connectivity index (χ3v) is 9.13. The van der Waals surface area contributed by atoms with Gasteiger partial charge in [0.2, 0.25) is 5.43 Å². The summed E-state index contributed by atoms with van der Waals surface area (Å²) in [7, 11) is 0. The second kappa shape index (κ2) is 10.1. The van der Waals surface area contributed by atoms with Gasteiger partial charge in [0.15, 0.2) is 11.4 Å². The highest BCUT2D eigenvalue weighted by Gasteiger charge is 2.55. The van der Waals surface area contributed by atoms with Crippen LogP contribution < -0.4 is 15.2 Å². The Morgan fingerprint density at radius 2 is 1.50 bits per heavy atom. The predicted octanol–water partition coefficient (Wildman–Crippen LogP) is 6.18. The van der Waals surface area contributed by atoms with E-state index >= 15 is 0 Å².